The van der Waals surface area contributed by atoms with E-state index in [-0.39, 0.29) is 5.97 Å². The molecule has 6 nitrogen and oxygen atoms in total. The van der Waals surface area contributed by atoms with Crippen LogP contribution < -0.4 is 10.6 Å². The summed E-state index contributed by atoms with van der Waals surface area (Å²) >= 11 is 0. The van der Waals surface area contributed by atoms with Crippen molar-refractivity contribution in [2.45, 2.75) is 58.5 Å². The maximum atomic E-state index is 11.1. The van der Waals surface area contributed by atoms with Gasteiger partial charge >= 0.3 is 5.97 Å². The zero-order chi connectivity index (χ0) is 20.0. The molecule has 2 N–H and O–H groups in total. The Balaban J connectivity index is 1.75. The number of piperidine rings is 1. The molecule has 1 aromatic carbocycles. The summed E-state index contributed by atoms with van der Waals surface area (Å²) in [4.78, 5) is 18.3. The first kappa shape index (κ1) is 22.2. The summed E-state index contributed by atoms with van der Waals surface area (Å²) in [5, 5.41) is 6.60. The third-order valence-electron chi connectivity index (χ3n) is 4.97. The van der Waals surface area contributed by atoms with Gasteiger partial charge in [-0.25, -0.2) is 4.99 Å². The normalized spacial score (nSPS) is 15.3. The van der Waals surface area contributed by atoms with E-state index < -0.39 is 0 Å². The van der Waals surface area contributed by atoms with Gasteiger partial charge in [0.1, 0.15) is 0 Å². The number of guanidine groups is 1. The van der Waals surface area contributed by atoms with Crippen LogP contribution in [-0.4, -0.2) is 50.1 Å². The summed E-state index contributed by atoms with van der Waals surface area (Å²) in [6.45, 7) is 7.83. The Kier molecular flexibility index (Phi) is 10.4. The molecule has 0 aromatic heterocycles. The minimum atomic E-state index is -0.149. The van der Waals surface area contributed by atoms with Gasteiger partial charge in [-0.15, -0.1) is 0 Å². The molecule has 0 saturated carbocycles. The number of nitrogens with one attached hydrogen (secondary N) is 2. The highest BCUT2D eigenvalue weighted by atomic mass is 16.5. The molecular formula is C22H36N4O2. The van der Waals surface area contributed by atoms with Gasteiger partial charge in [0.2, 0.25) is 0 Å². The van der Waals surface area contributed by atoms with E-state index in [1.54, 1.807) is 0 Å². The van der Waals surface area contributed by atoms with E-state index in [1.807, 2.05) is 0 Å². The Hall–Kier alpha value is -2.08. The van der Waals surface area contributed by atoms with E-state index in [0.29, 0.717) is 13.0 Å². The van der Waals surface area contributed by atoms with Crippen LogP contribution in [-0.2, 0) is 22.6 Å². The topological polar surface area (TPSA) is 66.0 Å². The van der Waals surface area contributed by atoms with Crippen LogP contribution in [0, 0.1) is 0 Å². The standard InChI is InChI=1S/C22H36N4O2/c1-3-23-22(24-14-6-5-9-21(27)28-2)25-17-19-10-12-20(13-11-19)18-26-15-7-4-8-16-26/h10-13H,3-9,14-18H2,1-2H3,(H2,23,24,25). The molecule has 1 aromatic rings. The summed E-state index contributed by atoms with van der Waals surface area (Å²) in [6.07, 6.45) is 6.23. The Bertz CT molecular complexity index is 595. The maximum absolute atomic E-state index is 11.1. The minimum Gasteiger partial charge on any atom is -0.469 e. The van der Waals surface area contributed by atoms with Crippen LogP contribution >= 0.6 is 0 Å². The predicted molar refractivity (Wildman–Crippen MR) is 114 cm³/mol. The summed E-state index contributed by atoms with van der Waals surface area (Å²) < 4.78 is 4.66. The molecule has 1 aliphatic rings. The molecule has 2 rings (SSSR count). The number of rotatable bonds is 10. The van der Waals surface area contributed by atoms with Crippen LogP contribution in [0.25, 0.3) is 0 Å². The van der Waals surface area contributed by atoms with Gasteiger partial charge in [0.15, 0.2) is 5.96 Å². The van der Waals surface area contributed by atoms with Crippen LogP contribution in [0.15, 0.2) is 29.3 Å². The zero-order valence-corrected chi connectivity index (χ0v) is 17.5. The summed E-state index contributed by atoms with van der Waals surface area (Å²) in [6, 6.07) is 8.82. The zero-order valence-electron chi connectivity index (χ0n) is 17.5. The molecule has 0 spiro atoms. The highest BCUT2D eigenvalue weighted by molar-refractivity contribution is 5.79. The monoisotopic (exact) mass is 388 g/mol. The number of carbonyl (C=O) groups excluding carboxylic acids is 1. The first-order valence-corrected chi connectivity index (χ1v) is 10.6. The van der Waals surface area contributed by atoms with Crippen molar-refractivity contribution in [3.63, 3.8) is 0 Å². The van der Waals surface area contributed by atoms with Gasteiger partial charge in [-0.2, -0.15) is 0 Å². The third-order valence-corrected chi connectivity index (χ3v) is 4.97. The van der Waals surface area contributed by atoms with Crippen LogP contribution in [0.5, 0.6) is 0 Å². The van der Waals surface area contributed by atoms with Gasteiger partial charge in [0.05, 0.1) is 13.7 Å². The number of methoxy groups -OCH3 is 1. The van der Waals surface area contributed by atoms with E-state index >= 15 is 0 Å². The fourth-order valence-corrected chi connectivity index (χ4v) is 3.34. The number of nitrogens with zero attached hydrogens (tertiary/aromatic N) is 2. The smallest absolute Gasteiger partial charge is 0.305 e. The Morgan fingerprint density at radius 2 is 1.79 bits per heavy atom. The van der Waals surface area contributed by atoms with Crippen molar-refractivity contribution in [1.29, 1.82) is 0 Å². The number of esters is 1. The van der Waals surface area contributed by atoms with E-state index in [0.717, 1.165) is 38.4 Å². The van der Waals surface area contributed by atoms with Crippen molar-refractivity contribution in [3.8, 4) is 0 Å². The molecule has 0 amide bonds. The molecule has 1 aliphatic heterocycles. The minimum absolute atomic E-state index is 0.149. The molecule has 28 heavy (non-hydrogen) atoms. The molecule has 156 valence electrons. The van der Waals surface area contributed by atoms with Gasteiger partial charge in [-0.1, -0.05) is 30.7 Å². The van der Waals surface area contributed by atoms with Crippen molar-refractivity contribution in [2.75, 3.05) is 33.3 Å². The summed E-state index contributed by atoms with van der Waals surface area (Å²) in [7, 11) is 1.43. The molecule has 6 heteroatoms. The van der Waals surface area contributed by atoms with Crippen LogP contribution in [0.1, 0.15) is 56.6 Å². The lowest BCUT2D eigenvalue weighted by Crippen LogP contribution is -2.37. The quantitative estimate of drug-likeness (QED) is 0.279. The van der Waals surface area contributed by atoms with Gasteiger partial charge in [0.25, 0.3) is 0 Å². The van der Waals surface area contributed by atoms with Gasteiger partial charge in [-0.3, -0.25) is 9.69 Å². The van der Waals surface area contributed by atoms with Crippen molar-refractivity contribution in [2.24, 2.45) is 4.99 Å². The Morgan fingerprint density at radius 3 is 2.46 bits per heavy atom. The van der Waals surface area contributed by atoms with Crippen LogP contribution in [0.2, 0.25) is 0 Å². The summed E-state index contributed by atoms with van der Waals surface area (Å²) in [5.74, 6) is 0.669. The second kappa shape index (κ2) is 13.2. The number of carbonyl (C=O) groups is 1. The number of aliphatic imine (C=N–C) groups is 1. The molecular weight excluding hydrogens is 352 g/mol. The fourth-order valence-electron chi connectivity index (χ4n) is 3.34. The van der Waals surface area contributed by atoms with Crippen molar-refractivity contribution < 1.29 is 9.53 Å². The average molecular weight is 389 g/mol. The largest absolute Gasteiger partial charge is 0.469 e. The van der Waals surface area contributed by atoms with Gasteiger partial charge in [0, 0.05) is 26.1 Å². The number of hydrogen-bond donors (Lipinski definition) is 2. The second-order valence-electron chi connectivity index (χ2n) is 7.31. The van der Waals surface area contributed by atoms with Crippen LogP contribution in [0.3, 0.4) is 0 Å². The lowest BCUT2D eigenvalue weighted by molar-refractivity contribution is -0.140. The molecule has 0 bridgehead atoms. The predicted octanol–water partition coefficient (Wildman–Crippen LogP) is 3.07. The molecule has 0 radical (unpaired) electrons. The number of unbranched alkanes of at least 4 members (excludes halogenated alkanes) is 1. The lowest BCUT2D eigenvalue weighted by atomic mass is 10.1. The number of likely N-dealkylation sites (tertiary alicyclic amines) is 1. The van der Waals surface area contributed by atoms with E-state index in [1.165, 1.54) is 50.6 Å². The maximum Gasteiger partial charge on any atom is 0.305 e. The molecule has 0 unspecified atom stereocenters. The molecule has 1 fully saturated rings. The summed E-state index contributed by atoms with van der Waals surface area (Å²) in [5.41, 5.74) is 2.59. The number of hydrogen-bond acceptors (Lipinski definition) is 4. The third kappa shape index (κ3) is 8.74. The van der Waals surface area contributed by atoms with Crippen molar-refractivity contribution in [3.05, 3.63) is 35.4 Å². The van der Waals surface area contributed by atoms with E-state index in [4.69, 9.17) is 0 Å². The Labute approximate surface area is 169 Å². The highest BCUT2D eigenvalue weighted by Crippen LogP contribution is 2.14. The molecule has 0 aliphatic carbocycles. The molecule has 1 saturated heterocycles. The van der Waals surface area contributed by atoms with Crippen molar-refractivity contribution >= 4 is 11.9 Å². The molecule has 1 heterocycles. The van der Waals surface area contributed by atoms with E-state index in [9.17, 15) is 4.79 Å². The lowest BCUT2D eigenvalue weighted by Gasteiger charge is -2.26. The number of benzene rings is 1. The van der Waals surface area contributed by atoms with Gasteiger partial charge in [-0.05, 0) is 56.8 Å². The fraction of sp³-hybridized carbons (Fsp3) is 0.636. The second-order valence-corrected chi connectivity index (χ2v) is 7.31. The first-order chi connectivity index (χ1) is 13.7. The number of ether oxygens (including phenoxy) is 1. The highest BCUT2D eigenvalue weighted by Gasteiger charge is 2.10. The average Bonchev–Trinajstić information content (AvgIpc) is 2.73. The van der Waals surface area contributed by atoms with E-state index in [2.05, 4.69) is 56.5 Å². The Morgan fingerprint density at radius 1 is 1.07 bits per heavy atom. The molecule has 0 atom stereocenters. The van der Waals surface area contributed by atoms with Gasteiger partial charge < -0.3 is 15.4 Å². The van der Waals surface area contributed by atoms with Crippen molar-refractivity contribution in [1.82, 2.24) is 15.5 Å². The first-order valence-electron chi connectivity index (χ1n) is 10.6. The SMILES string of the molecule is CCNC(=NCc1ccc(CN2CCCCC2)cc1)NCCCCC(=O)OC. The van der Waals surface area contributed by atoms with Crippen LogP contribution in [0.4, 0.5) is 0 Å².